The van der Waals surface area contributed by atoms with Gasteiger partial charge in [0, 0.05) is 12.7 Å². The molecule has 0 spiro atoms. The Kier molecular flexibility index (Phi) is 4.67. The average molecular weight is 307 g/mol. The van der Waals surface area contributed by atoms with Crippen molar-refractivity contribution in [2.24, 2.45) is 0 Å². The normalized spacial score (nSPS) is 13.1. The number of nitrogens with one attached hydrogen (secondary N) is 1. The van der Waals surface area contributed by atoms with Crippen LogP contribution in [0, 0.1) is 0 Å². The lowest BCUT2D eigenvalue weighted by Gasteiger charge is -2.15. The Morgan fingerprint density at radius 1 is 1.29 bits per heavy atom. The Balaban J connectivity index is 2.33. The number of hydrogen-bond donors (Lipinski definition) is 1. The van der Waals surface area contributed by atoms with E-state index in [9.17, 15) is 8.42 Å². The number of aryl methyl sites for hydroxylation is 1. The van der Waals surface area contributed by atoms with Crippen LogP contribution in [0.15, 0.2) is 41.6 Å². The molecule has 2 aromatic rings. The van der Waals surface area contributed by atoms with E-state index >= 15 is 0 Å². The summed E-state index contributed by atoms with van der Waals surface area (Å²) >= 11 is 0. The summed E-state index contributed by atoms with van der Waals surface area (Å²) in [6.45, 7) is 6.72. The van der Waals surface area contributed by atoms with Gasteiger partial charge in [0.2, 0.25) is 0 Å². The zero-order chi connectivity index (χ0) is 15.5. The average Bonchev–Trinajstić information content (AvgIpc) is 2.96. The Bertz CT molecular complexity index is 707. The van der Waals surface area contributed by atoms with Gasteiger partial charge in [-0.15, -0.1) is 0 Å². The van der Waals surface area contributed by atoms with E-state index in [4.69, 9.17) is 0 Å². The Hall–Kier alpha value is -1.82. The van der Waals surface area contributed by atoms with Crippen LogP contribution in [0.3, 0.4) is 0 Å². The summed E-state index contributed by atoms with van der Waals surface area (Å²) in [6.07, 6.45) is 3.86. The van der Waals surface area contributed by atoms with E-state index < -0.39 is 10.0 Å². The van der Waals surface area contributed by atoms with Crippen molar-refractivity contribution in [1.29, 1.82) is 0 Å². The summed E-state index contributed by atoms with van der Waals surface area (Å²) in [7, 11) is -3.60. The lowest BCUT2D eigenvalue weighted by Crippen LogP contribution is -2.14. The highest BCUT2D eigenvalue weighted by Crippen LogP contribution is 2.28. The Morgan fingerprint density at radius 3 is 2.62 bits per heavy atom. The van der Waals surface area contributed by atoms with Crippen LogP contribution in [0.2, 0.25) is 0 Å². The van der Waals surface area contributed by atoms with Crippen LogP contribution in [-0.4, -0.2) is 18.2 Å². The van der Waals surface area contributed by atoms with E-state index in [-0.39, 0.29) is 4.90 Å². The molecule has 0 aliphatic rings. The molecule has 1 atom stereocenters. The highest BCUT2D eigenvalue weighted by molar-refractivity contribution is 7.92. The first-order valence-corrected chi connectivity index (χ1v) is 8.60. The molecule has 0 amide bonds. The molecule has 1 N–H and O–H groups in total. The van der Waals surface area contributed by atoms with Crippen molar-refractivity contribution in [2.45, 2.75) is 44.6 Å². The standard InChI is InChI=1S/C15H21N3O2S/c1-4-12(3)14-8-6-7-9-15(14)17-21(19,20)13-10-16-18(5-2)11-13/h6-12,17H,4-5H2,1-3H3/t12-/m0/s1. The second kappa shape index (κ2) is 6.30. The summed E-state index contributed by atoms with van der Waals surface area (Å²) in [5.41, 5.74) is 1.64. The van der Waals surface area contributed by atoms with Crippen molar-refractivity contribution in [1.82, 2.24) is 9.78 Å². The predicted molar refractivity (Wildman–Crippen MR) is 83.9 cm³/mol. The minimum Gasteiger partial charge on any atom is -0.279 e. The van der Waals surface area contributed by atoms with Gasteiger partial charge in [-0.2, -0.15) is 5.10 Å². The maximum absolute atomic E-state index is 12.4. The first kappa shape index (κ1) is 15.6. The summed E-state index contributed by atoms with van der Waals surface area (Å²) in [5, 5.41) is 4.01. The molecule has 0 aliphatic heterocycles. The molecule has 5 nitrogen and oxygen atoms in total. The number of rotatable bonds is 6. The largest absolute Gasteiger partial charge is 0.279 e. The highest BCUT2D eigenvalue weighted by Gasteiger charge is 2.19. The molecule has 6 heteroatoms. The van der Waals surface area contributed by atoms with Crippen LogP contribution in [-0.2, 0) is 16.6 Å². The van der Waals surface area contributed by atoms with Crippen LogP contribution in [0.1, 0.15) is 38.7 Å². The second-order valence-corrected chi connectivity index (χ2v) is 6.72. The quantitative estimate of drug-likeness (QED) is 0.891. The van der Waals surface area contributed by atoms with Crippen molar-refractivity contribution in [2.75, 3.05) is 4.72 Å². The monoisotopic (exact) mass is 307 g/mol. The lowest BCUT2D eigenvalue weighted by molar-refractivity contribution is 0.600. The fourth-order valence-corrected chi connectivity index (χ4v) is 3.14. The topological polar surface area (TPSA) is 64.0 Å². The van der Waals surface area contributed by atoms with Gasteiger partial charge in [-0.3, -0.25) is 9.40 Å². The molecule has 0 aliphatic carbocycles. The van der Waals surface area contributed by atoms with Crippen molar-refractivity contribution in [3.63, 3.8) is 0 Å². The van der Waals surface area contributed by atoms with Crippen LogP contribution in [0.5, 0.6) is 0 Å². The number of benzene rings is 1. The van der Waals surface area contributed by atoms with Gasteiger partial charge in [0.1, 0.15) is 4.90 Å². The van der Waals surface area contributed by atoms with Gasteiger partial charge < -0.3 is 0 Å². The number of sulfonamides is 1. The molecule has 0 bridgehead atoms. The minimum absolute atomic E-state index is 0.184. The van der Waals surface area contributed by atoms with E-state index in [0.717, 1.165) is 12.0 Å². The summed E-state index contributed by atoms with van der Waals surface area (Å²) in [5.74, 6) is 0.294. The number of para-hydroxylation sites is 1. The van der Waals surface area contributed by atoms with E-state index in [0.29, 0.717) is 18.2 Å². The van der Waals surface area contributed by atoms with E-state index in [1.165, 1.54) is 12.4 Å². The SMILES string of the molecule is CC[C@H](C)c1ccccc1NS(=O)(=O)c1cnn(CC)c1. The Morgan fingerprint density at radius 2 is 2.00 bits per heavy atom. The maximum atomic E-state index is 12.4. The molecule has 0 saturated heterocycles. The fourth-order valence-electron chi connectivity index (χ4n) is 2.10. The third-order valence-corrected chi connectivity index (χ3v) is 4.91. The third-order valence-electron chi connectivity index (χ3n) is 3.59. The fraction of sp³-hybridized carbons (Fsp3) is 0.400. The molecule has 1 heterocycles. The number of anilines is 1. The minimum atomic E-state index is -3.60. The molecule has 0 fully saturated rings. The summed E-state index contributed by atoms with van der Waals surface area (Å²) in [4.78, 5) is 0.184. The van der Waals surface area contributed by atoms with Crippen molar-refractivity contribution in [3.8, 4) is 0 Å². The van der Waals surface area contributed by atoms with E-state index in [1.807, 2.05) is 25.1 Å². The predicted octanol–water partition coefficient (Wildman–Crippen LogP) is 3.22. The first-order chi connectivity index (χ1) is 9.97. The number of aromatic nitrogens is 2. The van der Waals surface area contributed by atoms with Crippen molar-refractivity contribution in [3.05, 3.63) is 42.2 Å². The zero-order valence-corrected chi connectivity index (χ0v) is 13.4. The Labute approximate surface area is 126 Å². The summed E-state index contributed by atoms with van der Waals surface area (Å²) < 4.78 is 29.1. The smallest absolute Gasteiger partial charge is 0.265 e. The molecule has 114 valence electrons. The van der Waals surface area contributed by atoms with Gasteiger partial charge in [0.25, 0.3) is 10.0 Å². The first-order valence-electron chi connectivity index (χ1n) is 7.12. The van der Waals surface area contributed by atoms with Gasteiger partial charge in [-0.05, 0) is 30.9 Å². The van der Waals surface area contributed by atoms with Crippen LogP contribution < -0.4 is 4.72 Å². The van der Waals surface area contributed by atoms with Gasteiger partial charge in [0.15, 0.2) is 0 Å². The van der Waals surface area contributed by atoms with Gasteiger partial charge in [-0.25, -0.2) is 8.42 Å². The van der Waals surface area contributed by atoms with Gasteiger partial charge >= 0.3 is 0 Å². The number of nitrogens with zero attached hydrogens (tertiary/aromatic N) is 2. The van der Waals surface area contributed by atoms with Gasteiger partial charge in [0.05, 0.1) is 11.9 Å². The molecular weight excluding hydrogens is 286 g/mol. The molecule has 1 aromatic heterocycles. The summed E-state index contributed by atoms with van der Waals surface area (Å²) in [6, 6.07) is 7.51. The molecule has 0 unspecified atom stereocenters. The van der Waals surface area contributed by atoms with Crippen LogP contribution in [0.4, 0.5) is 5.69 Å². The molecular formula is C15H21N3O2S. The maximum Gasteiger partial charge on any atom is 0.265 e. The zero-order valence-electron chi connectivity index (χ0n) is 12.6. The van der Waals surface area contributed by atoms with Crippen molar-refractivity contribution < 1.29 is 8.42 Å². The van der Waals surface area contributed by atoms with E-state index in [1.54, 1.807) is 10.7 Å². The lowest BCUT2D eigenvalue weighted by atomic mass is 9.97. The molecule has 0 saturated carbocycles. The second-order valence-electron chi connectivity index (χ2n) is 5.03. The third kappa shape index (κ3) is 3.44. The molecule has 21 heavy (non-hydrogen) atoms. The van der Waals surface area contributed by atoms with Gasteiger partial charge in [-0.1, -0.05) is 32.0 Å². The molecule has 2 rings (SSSR count). The van der Waals surface area contributed by atoms with Crippen LogP contribution in [0.25, 0.3) is 0 Å². The van der Waals surface area contributed by atoms with Crippen LogP contribution >= 0.6 is 0 Å². The van der Waals surface area contributed by atoms with E-state index in [2.05, 4.69) is 23.7 Å². The molecule has 0 radical (unpaired) electrons. The highest BCUT2D eigenvalue weighted by atomic mass is 32.2. The number of hydrogen-bond acceptors (Lipinski definition) is 3. The molecule has 1 aromatic carbocycles. The van der Waals surface area contributed by atoms with Crippen molar-refractivity contribution >= 4 is 15.7 Å².